The van der Waals surface area contributed by atoms with Crippen LogP contribution in [0.5, 0.6) is 0 Å². The molecule has 2 aromatic rings. The fraction of sp³-hybridized carbons (Fsp3) is 0. The summed E-state index contributed by atoms with van der Waals surface area (Å²) < 4.78 is 0. The number of rotatable bonds is 1. The Kier molecular flexibility index (Phi) is 2.49. The third kappa shape index (κ3) is 1.82. The van der Waals surface area contributed by atoms with Crippen molar-refractivity contribution in [2.24, 2.45) is 0 Å². The summed E-state index contributed by atoms with van der Waals surface area (Å²) in [6.07, 6.45) is 1.55. The molecule has 0 unspecified atom stereocenters. The van der Waals surface area contributed by atoms with Crippen LogP contribution in [0.2, 0.25) is 5.15 Å². The summed E-state index contributed by atoms with van der Waals surface area (Å²) in [4.78, 5) is 11.6. The van der Waals surface area contributed by atoms with Crippen molar-refractivity contribution in [2.75, 3.05) is 17.2 Å². The predicted octanol–water partition coefficient (Wildman–Crippen LogP) is 0.939. The standard InChI is InChI=1S/C9H9ClN6/c10-7-6(8(12)16-9(13)15-7)4-1-2-5(11)14-3-4/h1-3H,(H2,11,14)(H4,12,13,15,16). The second-order valence-electron chi connectivity index (χ2n) is 3.10. The van der Waals surface area contributed by atoms with Gasteiger partial charge in [0.05, 0.1) is 5.56 Å². The van der Waals surface area contributed by atoms with E-state index < -0.39 is 0 Å². The van der Waals surface area contributed by atoms with Gasteiger partial charge in [-0.1, -0.05) is 11.6 Å². The summed E-state index contributed by atoms with van der Waals surface area (Å²) in [5, 5.41) is 0.191. The predicted molar refractivity (Wildman–Crippen MR) is 63.5 cm³/mol. The molecule has 0 amide bonds. The lowest BCUT2D eigenvalue weighted by Crippen LogP contribution is -2.02. The Balaban J connectivity index is 2.60. The topological polar surface area (TPSA) is 117 Å². The van der Waals surface area contributed by atoms with Crippen LogP contribution in [0.25, 0.3) is 11.1 Å². The molecule has 0 saturated heterocycles. The highest BCUT2D eigenvalue weighted by atomic mass is 35.5. The second-order valence-corrected chi connectivity index (χ2v) is 3.46. The molecule has 0 aliphatic rings. The van der Waals surface area contributed by atoms with E-state index in [0.29, 0.717) is 16.9 Å². The summed E-state index contributed by atoms with van der Waals surface area (Å²) in [5.74, 6) is 0.661. The van der Waals surface area contributed by atoms with E-state index in [0.717, 1.165) is 0 Å². The smallest absolute Gasteiger partial charge is 0.223 e. The lowest BCUT2D eigenvalue weighted by molar-refractivity contribution is 1.19. The van der Waals surface area contributed by atoms with Crippen molar-refractivity contribution in [1.82, 2.24) is 15.0 Å². The first kappa shape index (κ1) is 10.4. The van der Waals surface area contributed by atoms with Crippen LogP contribution >= 0.6 is 11.6 Å². The molecule has 0 spiro atoms. The quantitative estimate of drug-likeness (QED) is 0.635. The molecule has 0 saturated carbocycles. The molecule has 7 heteroatoms. The average molecular weight is 237 g/mol. The van der Waals surface area contributed by atoms with Gasteiger partial charge in [-0.05, 0) is 12.1 Å². The summed E-state index contributed by atoms with van der Waals surface area (Å²) in [7, 11) is 0. The molecule has 0 aromatic carbocycles. The van der Waals surface area contributed by atoms with Gasteiger partial charge in [-0.2, -0.15) is 4.98 Å². The third-order valence-electron chi connectivity index (χ3n) is 1.99. The number of nitrogens with two attached hydrogens (primary N) is 3. The molecule has 2 rings (SSSR count). The Morgan fingerprint density at radius 3 is 2.38 bits per heavy atom. The summed E-state index contributed by atoms with van der Waals surface area (Å²) in [6.45, 7) is 0. The first-order valence-corrected chi connectivity index (χ1v) is 4.76. The van der Waals surface area contributed by atoms with Crippen LogP contribution in [0.3, 0.4) is 0 Å². The maximum atomic E-state index is 5.94. The highest BCUT2D eigenvalue weighted by molar-refractivity contribution is 6.32. The lowest BCUT2D eigenvalue weighted by atomic mass is 10.1. The van der Waals surface area contributed by atoms with Crippen molar-refractivity contribution in [3.8, 4) is 11.1 Å². The van der Waals surface area contributed by atoms with E-state index >= 15 is 0 Å². The molecule has 2 heterocycles. The highest BCUT2D eigenvalue weighted by Crippen LogP contribution is 2.30. The number of anilines is 3. The van der Waals surface area contributed by atoms with Crippen molar-refractivity contribution in [3.05, 3.63) is 23.5 Å². The molecular formula is C9H9ClN6. The molecule has 0 radical (unpaired) electrons. The zero-order valence-corrected chi connectivity index (χ0v) is 8.94. The normalized spacial score (nSPS) is 10.3. The van der Waals surface area contributed by atoms with Crippen LogP contribution in [0.4, 0.5) is 17.6 Å². The van der Waals surface area contributed by atoms with E-state index in [1.54, 1.807) is 18.3 Å². The average Bonchev–Trinajstić information content (AvgIpc) is 2.19. The number of nitrogen functional groups attached to an aromatic ring is 3. The molecule has 16 heavy (non-hydrogen) atoms. The molecule has 82 valence electrons. The van der Waals surface area contributed by atoms with Crippen LogP contribution in [0.15, 0.2) is 18.3 Å². The molecule has 0 fully saturated rings. The largest absolute Gasteiger partial charge is 0.384 e. The monoisotopic (exact) mass is 236 g/mol. The number of hydrogen-bond acceptors (Lipinski definition) is 6. The number of pyridine rings is 1. The van der Waals surface area contributed by atoms with Gasteiger partial charge in [0.25, 0.3) is 0 Å². The van der Waals surface area contributed by atoms with Gasteiger partial charge in [0.15, 0.2) is 0 Å². The van der Waals surface area contributed by atoms with Gasteiger partial charge in [0.2, 0.25) is 5.95 Å². The SMILES string of the molecule is Nc1ccc(-c2c(N)nc(N)nc2Cl)cn1. The Labute approximate surface area is 96.5 Å². The summed E-state index contributed by atoms with van der Waals surface area (Å²) >= 11 is 5.94. The number of halogens is 1. The van der Waals surface area contributed by atoms with Gasteiger partial charge in [0.1, 0.15) is 16.8 Å². The van der Waals surface area contributed by atoms with Crippen LogP contribution in [0, 0.1) is 0 Å². The lowest BCUT2D eigenvalue weighted by Gasteiger charge is -2.07. The van der Waals surface area contributed by atoms with Gasteiger partial charge >= 0.3 is 0 Å². The van der Waals surface area contributed by atoms with Crippen LogP contribution in [0.1, 0.15) is 0 Å². The van der Waals surface area contributed by atoms with E-state index in [1.807, 2.05) is 0 Å². The Bertz CT molecular complexity index is 501. The minimum atomic E-state index is 0.0367. The highest BCUT2D eigenvalue weighted by Gasteiger charge is 2.11. The van der Waals surface area contributed by atoms with Gasteiger partial charge in [0, 0.05) is 11.8 Å². The molecule has 0 bridgehead atoms. The number of hydrogen-bond donors (Lipinski definition) is 3. The number of nitrogens with zero attached hydrogens (tertiary/aromatic N) is 3. The molecule has 2 aromatic heterocycles. The Morgan fingerprint density at radius 1 is 1.06 bits per heavy atom. The van der Waals surface area contributed by atoms with Gasteiger partial charge < -0.3 is 17.2 Å². The van der Waals surface area contributed by atoms with Crippen molar-refractivity contribution < 1.29 is 0 Å². The number of aromatic nitrogens is 3. The summed E-state index contributed by atoms with van der Waals surface area (Å²) in [5.41, 5.74) is 17.8. The van der Waals surface area contributed by atoms with Gasteiger partial charge in [-0.15, -0.1) is 0 Å². The van der Waals surface area contributed by atoms with E-state index in [9.17, 15) is 0 Å². The molecule has 0 aliphatic carbocycles. The van der Waals surface area contributed by atoms with Crippen molar-refractivity contribution in [1.29, 1.82) is 0 Å². The summed E-state index contributed by atoms with van der Waals surface area (Å²) in [6, 6.07) is 3.38. The minimum absolute atomic E-state index is 0.0367. The van der Waals surface area contributed by atoms with Gasteiger partial charge in [-0.3, -0.25) is 0 Å². The molecule has 0 atom stereocenters. The van der Waals surface area contributed by atoms with E-state index in [4.69, 9.17) is 28.8 Å². The molecule has 0 aliphatic heterocycles. The van der Waals surface area contributed by atoms with Crippen LogP contribution in [-0.4, -0.2) is 15.0 Å². The molecule has 6 nitrogen and oxygen atoms in total. The van der Waals surface area contributed by atoms with Crippen molar-refractivity contribution in [3.63, 3.8) is 0 Å². The maximum Gasteiger partial charge on any atom is 0.223 e. The fourth-order valence-electron chi connectivity index (χ4n) is 1.29. The Morgan fingerprint density at radius 2 is 1.81 bits per heavy atom. The molecule has 6 N–H and O–H groups in total. The Hall–Kier alpha value is -2.08. The van der Waals surface area contributed by atoms with E-state index in [-0.39, 0.29) is 16.9 Å². The van der Waals surface area contributed by atoms with Crippen LogP contribution in [-0.2, 0) is 0 Å². The third-order valence-corrected chi connectivity index (χ3v) is 2.26. The van der Waals surface area contributed by atoms with E-state index in [2.05, 4.69) is 15.0 Å². The minimum Gasteiger partial charge on any atom is -0.384 e. The first-order chi connectivity index (χ1) is 7.58. The zero-order chi connectivity index (χ0) is 11.7. The maximum absolute atomic E-state index is 5.94. The van der Waals surface area contributed by atoms with E-state index in [1.165, 1.54) is 0 Å². The van der Waals surface area contributed by atoms with Gasteiger partial charge in [-0.25, -0.2) is 9.97 Å². The molecular weight excluding hydrogens is 228 g/mol. The van der Waals surface area contributed by atoms with Crippen molar-refractivity contribution >= 4 is 29.2 Å². The zero-order valence-electron chi connectivity index (χ0n) is 8.18. The van der Waals surface area contributed by atoms with Crippen molar-refractivity contribution in [2.45, 2.75) is 0 Å². The fourth-order valence-corrected chi connectivity index (χ4v) is 1.58. The second kappa shape index (κ2) is 3.82. The van der Waals surface area contributed by atoms with Crippen LogP contribution < -0.4 is 17.2 Å². The first-order valence-electron chi connectivity index (χ1n) is 4.38.